The number of carbonyl (C=O) groups is 3. The van der Waals surface area contributed by atoms with Gasteiger partial charge in [-0.2, -0.15) is 26.3 Å². The fraction of sp³-hybridized carbons (Fsp3) is 0.222. The SMILES string of the molecule is O=C([O-])N(CC1(CN(C(=O)[O-])c2ccccc2C(F)(F)F)CSc2c(Cl)cccc2C1=O)c1ccccc1C(F)(F)F. The average Bonchev–Trinajstić information content (AvgIpc) is 2.91. The Balaban J connectivity index is 1.92. The van der Waals surface area contributed by atoms with Gasteiger partial charge in [0.15, 0.2) is 5.78 Å². The molecule has 0 radical (unpaired) electrons. The molecule has 0 atom stereocenters. The summed E-state index contributed by atoms with van der Waals surface area (Å²) in [6.45, 7) is -2.23. The molecule has 2 amide bonds. The monoisotopic (exact) mass is 630 g/mol. The highest BCUT2D eigenvalue weighted by Crippen LogP contribution is 2.47. The van der Waals surface area contributed by atoms with Crippen molar-refractivity contribution >= 4 is 52.7 Å². The van der Waals surface area contributed by atoms with E-state index in [-0.39, 0.29) is 25.3 Å². The van der Waals surface area contributed by atoms with E-state index in [2.05, 4.69) is 0 Å². The summed E-state index contributed by atoms with van der Waals surface area (Å²) in [5.74, 6) is -1.43. The molecule has 0 saturated carbocycles. The van der Waals surface area contributed by atoms with Gasteiger partial charge >= 0.3 is 12.4 Å². The van der Waals surface area contributed by atoms with Gasteiger partial charge in [0.2, 0.25) is 0 Å². The highest BCUT2D eigenvalue weighted by atomic mass is 35.5. The smallest absolute Gasteiger partial charge is 0.418 e. The lowest BCUT2D eigenvalue weighted by Crippen LogP contribution is -2.59. The summed E-state index contributed by atoms with van der Waals surface area (Å²) in [4.78, 5) is 39.1. The van der Waals surface area contributed by atoms with Gasteiger partial charge in [0.25, 0.3) is 0 Å². The van der Waals surface area contributed by atoms with Crippen LogP contribution in [0.2, 0.25) is 5.02 Å². The molecule has 3 aromatic carbocycles. The third-order valence-corrected chi connectivity index (χ3v) is 8.40. The van der Waals surface area contributed by atoms with Gasteiger partial charge in [0.1, 0.15) is 12.2 Å². The molecule has 7 nitrogen and oxygen atoms in total. The fourth-order valence-electron chi connectivity index (χ4n) is 4.68. The van der Waals surface area contributed by atoms with Gasteiger partial charge < -0.3 is 29.6 Å². The molecule has 222 valence electrons. The maximum Gasteiger partial charge on any atom is 0.418 e. The zero-order valence-corrected chi connectivity index (χ0v) is 22.5. The van der Waals surface area contributed by atoms with E-state index in [0.717, 1.165) is 48.2 Å². The molecule has 0 unspecified atom stereocenters. The number of anilines is 2. The first-order valence-corrected chi connectivity index (χ1v) is 13.2. The highest BCUT2D eigenvalue weighted by molar-refractivity contribution is 7.99. The topological polar surface area (TPSA) is 104 Å². The summed E-state index contributed by atoms with van der Waals surface area (Å²) in [5, 5.41) is 24.7. The Morgan fingerprint density at radius 1 is 0.786 bits per heavy atom. The Hall–Kier alpha value is -3.91. The maximum atomic E-state index is 14.0. The van der Waals surface area contributed by atoms with Crippen molar-refractivity contribution in [3.63, 3.8) is 0 Å². The number of nitrogens with zero attached hydrogens (tertiary/aromatic N) is 2. The molecule has 0 aliphatic carbocycles. The van der Waals surface area contributed by atoms with E-state index in [1.165, 1.54) is 18.2 Å². The van der Waals surface area contributed by atoms with Crippen molar-refractivity contribution in [1.82, 2.24) is 0 Å². The Labute approximate surface area is 243 Å². The van der Waals surface area contributed by atoms with Crippen molar-refractivity contribution < 1.29 is 50.9 Å². The van der Waals surface area contributed by atoms with Gasteiger partial charge in [-0.1, -0.05) is 48.0 Å². The second kappa shape index (κ2) is 11.4. The maximum absolute atomic E-state index is 14.0. The van der Waals surface area contributed by atoms with Crippen molar-refractivity contribution in [1.29, 1.82) is 0 Å². The van der Waals surface area contributed by atoms with Crippen LogP contribution >= 0.6 is 23.4 Å². The van der Waals surface area contributed by atoms with E-state index in [0.29, 0.717) is 12.1 Å². The summed E-state index contributed by atoms with van der Waals surface area (Å²) in [7, 11) is 0. The number of amides is 2. The van der Waals surface area contributed by atoms with Crippen LogP contribution in [0.25, 0.3) is 0 Å². The number of carbonyl (C=O) groups excluding carboxylic acids is 3. The standard InChI is InChI=1S/C27H19ClF6N2O5S/c28-18-9-5-6-15-21(18)42-14-25(22(15)37,12-35(23(38)39)19-10-3-1-7-16(19)26(29,30)31)13-36(24(40)41)20-11-4-2-8-17(20)27(32,33)34/h1-11H,12-14H2,(H,38,39)(H,40,41)/p-2. The summed E-state index contributed by atoms with van der Waals surface area (Å²) in [5.41, 5.74) is -7.00. The lowest BCUT2D eigenvalue weighted by molar-refractivity contribution is -0.247. The van der Waals surface area contributed by atoms with E-state index in [9.17, 15) is 50.9 Å². The molecule has 0 aromatic heterocycles. The van der Waals surface area contributed by atoms with Crippen LogP contribution < -0.4 is 20.0 Å². The minimum Gasteiger partial charge on any atom is -0.530 e. The first-order chi connectivity index (χ1) is 19.6. The van der Waals surface area contributed by atoms with Crippen LogP contribution in [0.15, 0.2) is 71.6 Å². The van der Waals surface area contributed by atoms with Gasteiger partial charge in [0, 0.05) is 29.3 Å². The third-order valence-electron chi connectivity index (χ3n) is 6.55. The minimum atomic E-state index is -5.05. The van der Waals surface area contributed by atoms with E-state index >= 15 is 0 Å². The first-order valence-electron chi connectivity index (χ1n) is 11.8. The molecule has 0 saturated heterocycles. The molecule has 0 N–H and O–H groups in total. The number of alkyl halides is 6. The number of fused-ring (bicyclic) bond motifs is 1. The molecule has 4 rings (SSSR count). The number of carboxylic acid groups (broad SMARTS) is 2. The molecule has 0 fully saturated rings. The molecule has 0 spiro atoms. The number of hydrogen-bond donors (Lipinski definition) is 0. The Morgan fingerprint density at radius 3 is 1.67 bits per heavy atom. The Bertz CT molecular complexity index is 1470. The molecular weight excluding hydrogens is 614 g/mol. The van der Waals surface area contributed by atoms with Crippen LogP contribution in [0.5, 0.6) is 0 Å². The third kappa shape index (κ3) is 6.00. The van der Waals surface area contributed by atoms with E-state index in [4.69, 9.17) is 11.6 Å². The van der Waals surface area contributed by atoms with Crippen molar-refractivity contribution in [3.05, 3.63) is 88.4 Å². The molecule has 0 bridgehead atoms. The van der Waals surface area contributed by atoms with Crippen molar-refractivity contribution in [3.8, 4) is 0 Å². The predicted octanol–water partition coefficient (Wildman–Crippen LogP) is 5.35. The van der Waals surface area contributed by atoms with Gasteiger partial charge in [-0.05, 0) is 30.3 Å². The van der Waals surface area contributed by atoms with Crippen LogP contribution in [0, 0.1) is 5.41 Å². The van der Waals surface area contributed by atoms with Gasteiger partial charge in [-0.15, -0.1) is 11.8 Å². The normalized spacial score (nSPS) is 14.7. The van der Waals surface area contributed by atoms with Crippen molar-refractivity contribution in [2.75, 3.05) is 28.6 Å². The number of hydrogen-bond acceptors (Lipinski definition) is 6. The minimum absolute atomic E-state index is 0.109. The second-order valence-electron chi connectivity index (χ2n) is 9.25. The van der Waals surface area contributed by atoms with Crippen molar-refractivity contribution in [2.24, 2.45) is 5.41 Å². The van der Waals surface area contributed by atoms with Gasteiger partial charge in [0.05, 0.1) is 32.9 Å². The van der Waals surface area contributed by atoms with Gasteiger partial charge in [-0.25, -0.2) is 0 Å². The molecule has 42 heavy (non-hydrogen) atoms. The molecule has 15 heteroatoms. The fourth-order valence-corrected chi connectivity index (χ4v) is 6.27. The van der Waals surface area contributed by atoms with Crippen LogP contribution in [0.3, 0.4) is 0 Å². The predicted molar refractivity (Wildman–Crippen MR) is 137 cm³/mol. The van der Waals surface area contributed by atoms with Crippen LogP contribution in [0.4, 0.5) is 47.3 Å². The number of ketones is 1. The van der Waals surface area contributed by atoms with Crippen LogP contribution in [-0.4, -0.2) is 36.8 Å². The van der Waals surface area contributed by atoms with E-state index in [1.807, 2.05) is 0 Å². The highest BCUT2D eigenvalue weighted by Gasteiger charge is 2.48. The number of thioether (sulfide) groups is 1. The average molecular weight is 631 g/mol. The molecular formula is C27H17ClF6N2O5S-2. The summed E-state index contributed by atoms with van der Waals surface area (Å²) >= 11 is 7.06. The number of para-hydroxylation sites is 2. The zero-order valence-electron chi connectivity index (χ0n) is 21.0. The van der Waals surface area contributed by atoms with Gasteiger partial charge in [-0.3, -0.25) is 4.79 Å². The van der Waals surface area contributed by atoms with E-state index in [1.54, 1.807) is 0 Å². The van der Waals surface area contributed by atoms with Crippen molar-refractivity contribution in [2.45, 2.75) is 17.2 Å². The number of rotatable bonds is 6. The quantitative estimate of drug-likeness (QED) is 0.340. The van der Waals surface area contributed by atoms with Crippen LogP contribution in [-0.2, 0) is 12.4 Å². The lowest BCUT2D eigenvalue weighted by Gasteiger charge is -2.44. The first kappa shape index (κ1) is 31.0. The summed E-state index contributed by atoms with van der Waals surface area (Å²) in [6.07, 6.45) is -14.4. The summed E-state index contributed by atoms with van der Waals surface area (Å²) in [6, 6.07) is 11.1. The molecule has 1 aliphatic rings. The zero-order chi connectivity index (χ0) is 31.0. The molecule has 3 aromatic rings. The van der Waals surface area contributed by atoms with Crippen LogP contribution in [0.1, 0.15) is 21.5 Å². The lowest BCUT2D eigenvalue weighted by atomic mass is 9.79. The Morgan fingerprint density at radius 2 is 1.24 bits per heavy atom. The largest absolute Gasteiger partial charge is 0.530 e. The number of halogens is 7. The van der Waals surface area contributed by atoms with E-state index < -0.39 is 77.1 Å². The summed E-state index contributed by atoms with van der Waals surface area (Å²) < 4.78 is 83.0. The Kier molecular flexibility index (Phi) is 8.43. The second-order valence-corrected chi connectivity index (χ2v) is 10.6. The molecule has 1 aliphatic heterocycles. The number of benzene rings is 3. The number of Topliss-reactive ketones (excluding diaryl/α,β-unsaturated/α-hetero) is 1. The molecule has 1 heterocycles.